The Morgan fingerprint density at radius 2 is 2.12 bits per heavy atom. The SMILES string of the molecule is CC(C)(C)CCn1nnnc1CNC1CC1. The molecule has 0 aromatic carbocycles. The highest BCUT2D eigenvalue weighted by Gasteiger charge is 2.21. The molecule has 0 aliphatic heterocycles. The van der Waals surface area contributed by atoms with Gasteiger partial charge in [-0.2, -0.15) is 0 Å². The van der Waals surface area contributed by atoms with E-state index in [-0.39, 0.29) is 0 Å². The standard InChI is InChI=1S/C11H21N5/c1-11(2,3)6-7-16-10(13-14-15-16)8-12-9-4-5-9/h9,12H,4-8H2,1-3H3. The quantitative estimate of drug-likeness (QED) is 0.819. The zero-order valence-corrected chi connectivity index (χ0v) is 10.4. The number of tetrazole rings is 1. The van der Waals surface area contributed by atoms with Crippen LogP contribution in [0.4, 0.5) is 0 Å². The largest absolute Gasteiger partial charge is 0.307 e. The molecule has 1 aromatic heterocycles. The molecule has 0 unspecified atom stereocenters. The number of nitrogens with one attached hydrogen (secondary N) is 1. The van der Waals surface area contributed by atoms with E-state index in [2.05, 4.69) is 41.6 Å². The summed E-state index contributed by atoms with van der Waals surface area (Å²) in [5.74, 6) is 0.955. The Balaban J connectivity index is 1.85. The summed E-state index contributed by atoms with van der Waals surface area (Å²) in [6.45, 7) is 8.40. The van der Waals surface area contributed by atoms with Crippen molar-refractivity contribution in [1.29, 1.82) is 0 Å². The van der Waals surface area contributed by atoms with Gasteiger partial charge in [-0.3, -0.25) is 0 Å². The van der Waals surface area contributed by atoms with Crippen LogP contribution in [0.1, 0.15) is 45.9 Å². The molecule has 1 fully saturated rings. The average Bonchev–Trinajstić information content (AvgIpc) is 2.90. The third kappa shape index (κ3) is 3.56. The van der Waals surface area contributed by atoms with Gasteiger partial charge >= 0.3 is 0 Å². The van der Waals surface area contributed by atoms with Crippen molar-refractivity contribution in [3.8, 4) is 0 Å². The number of aryl methyl sites for hydroxylation is 1. The van der Waals surface area contributed by atoms with Gasteiger partial charge in [0.05, 0.1) is 6.54 Å². The van der Waals surface area contributed by atoms with Crippen LogP contribution in [0.2, 0.25) is 0 Å². The molecule has 1 aliphatic rings. The number of rotatable bonds is 5. The van der Waals surface area contributed by atoms with Gasteiger partial charge in [-0.25, -0.2) is 4.68 Å². The lowest BCUT2D eigenvalue weighted by Gasteiger charge is -2.17. The normalized spacial score (nSPS) is 16.7. The molecule has 1 saturated carbocycles. The minimum Gasteiger partial charge on any atom is -0.307 e. The van der Waals surface area contributed by atoms with Gasteiger partial charge in [-0.05, 0) is 35.1 Å². The van der Waals surface area contributed by atoms with E-state index in [9.17, 15) is 0 Å². The summed E-state index contributed by atoms with van der Waals surface area (Å²) in [7, 11) is 0. The van der Waals surface area contributed by atoms with Gasteiger partial charge in [-0.15, -0.1) is 5.10 Å². The van der Waals surface area contributed by atoms with Gasteiger partial charge < -0.3 is 5.32 Å². The molecular formula is C11H21N5. The van der Waals surface area contributed by atoms with Crippen LogP contribution >= 0.6 is 0 Å². The van der Waals surface area contributed by atoms with Crippen molar-refractivity contribution in [2.45, 2.75) is 59.2 Å². The first-order valence-electron chi connectivity index (χ1n) is 6.03. The molecule has 1 heterocycles. The second-order valence-electron chi connectivity index (χ2n) is 5.78. The van der Waals surface area contributed by atoms with Gasteiger partial charge in [0.15, 0.2) is 5.82 Å². The van der Waals surface area contributed by atoms with Gasteiger partial charge in [0.25, 0.3) is 0 Å². The first-order valence-corrected chi connectivity index (χ1v) is 6.03. The van der Waals surface area contributed by atoms with Gasteiger partial charge in [0.2, 0.25) is 0 Å². The molecule has 16 heavy (non-hydrogen) atoms. The van der Waals surface area contributed by atoms with E-state index in [1.807, 2.05) is 4.68 Å². The Morgan fingerprint density at radius 1 is 1.38 bits per heavy atom. The minimum absolute atomic E-state index is 0.327. The van der Waals surface area contributed by atoms with Crippen molar-refractivity contribution in [2.75, 3.05) is 0 Å². The molecule has 0 spiro atoms. The number of aromatic nitrogens is 4. The maximum atomic E-state index is 4.06. The topological polar surface area (TPSA) is 55.6 Å². The fourth-order valence-electron chi connectivity index (χ4n) is 1.49. The van der Waals surface area contributed by atoms with Crippen molar-refractivity contribution in [3.05, 3.63) is 5.82 Å². The van der Waals surface area contributed by atoms with Crippen LogP contribution in [0.5, 0.6) is 0 Å². The Morgan fingerprint density at radius 3 is 2.75 bits per heavy atom. The zero-order valence-electron chi connectivity index (χ0n) is 10.4. The highest BCUT2D eigenvalue weighted by molar-refractivity contribution is 4.87. The Bertz CT molecular complexity index is 334. The van der Waals surface area contributed by atoms with Crippen molar-refractivity contribution < 1.29 is 0 Å². The average molecular weight is 223 g/mol. The molecule has 0 radical (unpaired) electrons. The highest BCUT2D eigenvalue weighted by Crippen LogP contribution is 2.20. The predicted molar refractivity (Wildman–Crippen MR) is 61.8 cm³/mol. The molecule has 0 bridgehead atoms. The van der Waals surface area contributed by atoms with Crippen LogP contribution < -0.4 is 5.32 Å². The van der Waals surface area contributed by atoms with Gasteiger partial charge in [0.1, 0.15) is 0 Å². The van der Waals surface area contributed by atoms with Crippen LogP contribution in [0.3, 0.4) is 0 Å². The minimum atomic E-state index is 0.327. The highest BCUT2D eigenvalue weighted by atomic mass is 15.5. The summed E-state index contributed by atoms with van der Waals surface area (Å²) in [6.07, 6.45) is 3.68. The zero-order chi connectivity index (χ0) is 11.6. The lowest BCUT2D eigenvalue weighted by Crippen LogP contribution is -2.20. The molecular weight excluding hydrogens is 202 g/mol. The van der Waals surface area contributed by atoms with Crippen LogP contribution in [0.25, 0.3) is 0 Å². The number of nitrogens with zero attached hydrogens (tertiary/aromatic N) is 4. The van der Waals surface area contributed by atoms with E-state index < -0.39 is 0 Å². The molecule has 1 aliphatic carbocycles. The molecule has 0 atom stereocenters. The smallest absolute Gasteiger partial charge is 0.165 e. The Labute approximate surface area is 96.6 Å². The molecule has 1 N–H and O–H groups in total. The van der Waals surface area contributed by atoms with Crippen molar-refractivity contribution >= 4 is 0 Å². The van der Waals surface area contributed by atoms with E-state index in [1.54, 1.807) is 0 Å². The molecule has 5 nitrogen and oxygen atoms in total. The van der Waals surface area contributed by atoms with Crippen LogP contribution in [-0.4, -0.2) is 26.2 Å². The van der Waals surface area contributed by atoms with E-state index in [4.69, 9.17) is 0 Å². The first-order chi connectivity index (χ1) is 7.54. The Kier molecular flexibility index (Phi) is 3.23. The summed E-state index contributed by atoms with van der Waals surface area (Å²) in [5.41, 5.74) is 0.327. The van der Waals surface area contributed by atoms with Gasteiger partial charge in [-0.1, -0.05) is 20.8 Å². The maximum absolute atomic E-state index is 4.06. The molecule has 5 heteroatoms. The molecule has 2 rings (SSSR count). The first kappa shape index (κ1) is 11.5. The third-order valence-electron chi connectivity index (χ3n) is 2.81. The fraction of sp³-hybridized carbons (Fsp3) is 0.909. The number of hydrogen-bond donors (Lipinski definition) is 1. The van der Waals surface area contributed by atoms with Crippen molar-refractivity contribution in [2.24, 2.45) is 5.41 Å². The summed E-state index contributed by atoms with van der Waals surface area (Å²) in [6, 6.07) is 0.702. The molecule has 1 aromatic rings. The van der Waals surface area contributed by atoms with Crippen LogP contribution in [0.15, 0.2) is 0 Å². The fourth-order valence-corrected chi connectivity index (χ4v) is 1.49. The Hall–Kier alpha value is -0.970. The van der Waals surface area contributed by atoms with Gasteiger partial charge in [0, 0.05) is 12.6 Å². The second-order valence-corrected chi connectivity index (χ2v) is 5.78. The van der Waals surface area contributed by atoms with E-state index >= 15 is 0 Å². The van der Waals surface area contributed by atoms with E-state index in [1.165, 1.54) is 12.8 Å². The monoisotopic (exact) mass is 223 g/mol. The third-order valence-corrected chi connectivity index (χ3v) is 2.81. The van der Waals surface area contributed by atoms with E-state index in [0.717, 1.165) is 25.3 Å². The van der Waals surface area contributed by atoms with E-state index in [0.29, 0.717) is 11.5 Å². The second kappa shape index (κ2) is 4.49. The summed E-state index contributed by atoms with van der Waals surface area (Å²) >= 11 is 0. The summed E-state index contributed by atoms with van der Waals surface area (Å²) in [4.78, 5) is 0. The van der Waals surface area contributed by atoms with Crippen molar-refractivity contribution in [3.63, 3.8) is 0 Å². The van der Waals surface area contributed by atoms with Crippen molar-refractivity contribution in [1.82, 2.24) is 25.5 Å². The molecule has 0 saturated heterocycles. The number of hydrogen-bond acceptors (Lipinski definition) is 4. The predicted octanol–water partition coefficient (Wildman–Crippen LogP) is 1.36. The lowest BCUT2D eigenvalue weighted by molar-refractivity contribution is 0.334. The molecule has 0 amide bonds. The van der Waals surface area contributed by atoms with Crippen LogP contribution in [0, 0.1) is 5.41 Å². The summed E-state index contributed by atoms with van der Waals surface area (Å²) < 4.78 is 1.92. The van der Waals surface area contributed by atoms with Crippen LogP contribution in [-0.2, 0) is 13.1 Å². The maximum Gasteiger partial charge on any atom is 0.165 e. The summed E-state index contributed by atoms with van der Waals surface area (Å²) in [5, 5.41) is 15.3. The lowest BCUT2D eigenvalue weighted by atomic mass is 9.92. The molecule has 90 valence electrons.